The van der Waals surface area contributed by atoms with Crippen molar-refractivity contribution in [1.82, 2.24) is 0 Å². The minimum Gasteiger partial charge on any atom is -0.514 e. The monoisotopic (exact) mass is 320 g/mol. The van der Waals surface area contributed by atoms with Gasteiger partial charge in [-0.3, -0.25) is 0 Å². The normalized spacial score (nSPS) is 8.00. The Morgan fingerprint density at radius 3 is 1.14 bits per heavy atom. The van der Waals surface area contributed by atoms with Crippen LogP contribution in [0.4, 0.5) is 9.59 Å². The van der Waals surface area contributed by atoms with Crippen LogP contribution in [0.3, 0.4) is 0 Å². The zero-order valence-corrected chi connectivity index (χ0v) is 16.2. The Hall–Kier alpha value is -1.02. The van der Waals surface area contributed by atoms with Gasteiger partial charge < -0.3 is 29.3 Å². The Bertz CT molecular complexity index is 496. The first-order valence-corrected chi connectivity index (χ1v) is 5.45. The molecule has 0 aliphatic heterocycles. The topological polar surface area (TPSA) is 98.7 Å². The van der Waals surface area contributed by atoms with Gasteiger partial charge in [-0.25, -0.2) is 0 Å². The molecule has 6 nitrogen and oxygen atoms in total. The summed E-state index contributed by atoms with van der Waals surface area (Å²) in [5.41, 5.74) is 0. The van der Waals surface area contributed by atoms with E-state index in [4.69, 9.17) is 0 Å². The molecule has 0 amide bonds. The van der Waals surface area contributed by atoms with Crippen LogP contribution in [-0.2, 0) is 0 Å². The maximum Gasteiger partial charge on any atom is 1.00 e. The van der Waals surface area contributed by atoms with Crippen LogP contribution in [0.15, 0.2) is 60.7 Å². The standard InChI is InChI=1S/2C7H6O3.2Na/c2*8-7(9)10-6-4-2-1-3-5-6;;/h2*1-5H,(H,8,9);;/q;;2*+1/p-2. The molecule has 0 spiro atoms. The van der Waals surface area contributed by atoms with Gasteiger partial charge in [-0.1, -0.05) is 36.4 Å². The molecular formula is C14H10Na2O6. The minimum absolute atomic E-state index is 0. The maximum absolute atomic E-state index is 9.84. The van der Waals surface area contributed by atoms with Crippen molar-refractivity contribution in [3.05, 3.63) is 60.7 Å². The fourth-order valence-electron chi connectivity index (χ4n) is 1.17. The molecule has 0 atom stereocenters. The molecule has 0 saturated heterocycles. The van der Waals surface area contributed by atoms with Gasteiger partial charge in [0.05, 0.1) is 11.5 Å². The van der Waals surface area contributed by atoms with Crippen molar-refractivity contribution < 1.29 is 88.4 Å². The van der Waals surface area contributed by atoms with E-state index in [-0.39, 0.29) is 70.6 Å². The second-order valence-electron chi connectivity index (χ2n) is 3.33. The molecular weight excluding hydrogens is 310 g/mol. The molecule has 0 fully saturated rings. The Balaban J connectivity index is 0. The zero-order valence-electron chi connectivity index (χ0n) is 12.2. The van der Waals surface area contributed by atoms with Gasteiger partial charge >= 0.3 is 59.1 Å². The molecule has 0 saturated carbocycles. The van der Waals surface area contributed by atoms with E-state index in [0.29, 0.717) is 0 Å². The zero-order chi connectivity index (χ0) is 14.8. The van der Waals surface area contributed by atoms with Gasteiger partial charge in [-0.15, -0.1) is 0 Å². The number of benzene rings is 2. The van der Waals surface area contributed by atoms with Gasteiger partial charge in [-0.05, 0) is 24.3 Å². The summed E-state index contributed by atoms with van der Waals surface area (Å²) in [7, 11) is 0. The quantitative estimate of drug-likeness (QED) is 0.312. The Morgan fingerprint density at radius 2 is 0.909 bits per heavy atom. The fourth-order valence-corrected chi connectivity index (χ4v) is 1.17. The maximum atomic E-state index is 9.84. The molecule has 2 rings (SSSR count). The molecule has 0 aliphatic carbocycles. The molecule has 104 valence electrons. The van der Waals surface area contributed by atoms with E-state index in [9.17, 15) is 19.8 Å². The average molecular weight is 320 g/mol. The molecule has 0 aromatic heterocycles. The molecule has 0 N–H and O–H groups in total. The van der Waals surface area contributed by atoms with E-state index in [1.807, 2.05) is 0 Å². The first-order valence-electron chi connectivity index (χ1n) is 5.45. The van der Waals surface area contributed by atoms with Crippen LogP contribution in [0, 0.1) is 0 Å². The number of carbonyl (C=O) groups is 2. The van der Waals surface area contributed by atoms with Crippen LogP contribution in [-0.4, -0.2) is 12.3 Å². The molecule has 2 aromatic rings. The number of hydrogen-bond donors (Lipinski definition) is 0. The van der Waals surface area contributed by atoms with Crippen molar-refractivity contribution in [3.8, 4) is 11.5 Å². The second-order valence-corrected chi connectivity index (χ2v) is 3.33. The third-order valence-electron chi connectivity index (χ3n) is 1.89. The van der Waals surface area contributed by atoms with Crippen LogP contribution in [0.1, 0.15) is 0 Å². The predicted octanol–water partition coefficient (Wildman–Crippen LogP) is -5.17. The molecule has 0 bridgehead atoms. The van der Waals surface area contributed by atoms with Crippen LogP contribution >= 0.6 is 0 Å². The van der Waals surface area contributed by atoms with E-state index < -0.39 is 12.3 Å². The molecule has 0 heterocycles. The van der Waals surface area contributed by atoms with Crippen LogP contribution in [0.25, 0.3) is 0 Å². The van der Waals surface area contributed by atoms with Crippen LogP contribution < -0.4 is 78.8 Å². The van der Waals surface area contributed by atoms with Crippen molar-refractivity contribution in [2.24, 2.45) is 0 Å². The van der Waals surface area contributed by atoms with E-state index in [1.54, 1.807) is 36.4 Å². The van der Waals surface area contributed by atoms with E-state index in [2.05, 4.69) is 9.47 Å². The molecule has 2 aromatic carbocycles. The first-order chi connectivity index (χ1) is 9.58. The third kappa shape index (κ3) is 11.6. The van der Waals surface area contributed by atoms with Crippen molar-refractivity contribution in [2.45, 2.75) is 0 Å². The number of rotatable bonds is 2. The third-order valence-corrected chi connectivity index (χ3v) is 1.89. The summed E-state index contributed by atoms with van der Waals surface area (Å²) in [6.45, 7) is 0. The van der Waals surface area contributed by atoms with E-state index in [0.717, 1.165) is 0 Å². The molecule has 0 radical (unpaired) electrons. The summed E-state index contributed by atoms with van der Waals surface area (Å²) in [6, 6.07) is 16.4. The van der Waals surface area contributed by atoms with E-state index in [1.165, 1.54) is 24.3 Å². The van der Waals surface area contributed by atoms with Crippen molar-refractivity contribution >= 4 is 12.3 Å². The number of carboxylic acid groups (broad SMARTS) is 2. The van der Waals surface area contributed by atoms with Crippen molar-refractivity contribution in [3.63, 3.8) is 0 Å². The largest absolute Gasteiger partial charge is 1.00 e. The van der Waals surface area contributed by atoms with Crippen molar-refractivity contribution in [2.75, 3.05) is 0 Å². The molecule has 0 aliphatic rings. The summed E-state index contributed by atoms with van der Waals surface area (Å²) in [6.07, 6.45) is -3.07. The number of ether oxygens (including phenoxy) is 2. The van der Waals surface area contributed by atoms with Gasteiger partial charge in [0, 0.05) is 0 Å². The number of carbonyl (C=O) groups excluding carboxylic acids is 2. The fraction of sp³-hybridized carbons (Fsp3) is 0. The Labute approximate surface area is 171 Å². The SMILES string of the molecule is O=C([O-])Oc1ccccc1.O=C([O-])Oc1ccccc1.[Na+].[Na+]. The van der Waals surface area contributed by atoms with Gasteiger partial charge in [0.1, 0.15) is 0 Å². The summed E-state index contributed by atoms with van der Waals surface area (Å²) < 4.78 is 8.44. The second kappa shape index (κ2) is 13.6. The van der Waals surface area contributed by atoms with Crippen molar-refractivity contribution in [1.29, 1.82) is 0 Å². The summed E-state index contributed by atoms with van der Waals surface area (Å²) >= 11 is 0. The summed E-state index contributed by atoms with van der Waals surface area (Å²) in [4.78, 5) is 19.7. The molecule has 0 unspecified atom stereocenters. The number of para-hydroxylation sites is 2. The van der Waals surface area contributed by atoms with Gasteiger partial charge in [0.15, 0.2) is 0 Å². The predicted molar refractivity (Wildman–Crippen MR) is 64.9 cm³/mol. The van der Waals surface area contributed by atoms with Gasteiger partial charge in [0.25, 0.3) is 12.3 Å². The Morgan fingerprint density at radius 1 is 0.636 bits per heavy atom. The summed E-state index contributed by atoms with van der Waals surface area (Å²) in [5, 5.41) is 19.7. The Kier molecular flexibility index (Phi) is 14.4. The smallest absolute Gasteiger partial charge is 0.514 e. The number of hydrogen-bond acceptors (Lipinski definition) is 6. The van der Waals surface area contributed by atoms with E-state index >= 15 is 0 Å². The molecule has 22 heavy (non-hydrogen) atoms. The van der Waals surface area contributed by atoms with Crippen LogP contribution in [0.2, 0.25) is 0 Å². The average Bonchev–Trinajstić information content (AvgIpc) is 2.40. The van der Waals surface area contributed by atoms with Crippen LogP contribution in [0.5, 0.6) is 11.5 Å². The minimum atomic E-state index is -1.54. The first kappa shape index (κ1) is 23.2. The van der Waals surface area contributed by atoms with Gasteiger partial charge in [-0.2, -0.15) is 0 Å². The van der Waals surface area contributed by atoms with Gasteiger partial charge in [0.2, 0.25) is 0 Å². The summed E-state index contributed by atoms with van der Waals surface area (Å²) in [5.74, 6) is 0.560. The molecule has 8 heteroatoms.